The number of hydrogen-bond acceptors (Lipinski definition) is 5. The van der Waals surface area contributed by atoms with E-state index in [1.54, 1.807) is 12.3 Å². The first-order chi connectivity index (χ1) is 11.7. The summed E-state index contributed by atoms with van der Waals surface area (Å²) in [5.74, 6) is 1.46. The molecule has 0 N–H and O–H groups in total. The van der Waals surface area contributed by atoms with Gasteiger partial charge in [0, 0.05) is 30.2 Å². The molecule has 122 valence electrons. The Hall–Kier alpha value is -1.95. The van der Waals surface area contributed by atoms with Gasteiger partial charge in [0.1, 0.15) is 11.0 Å². The maximum Gasteiger partial charge on any atom is 0.163 e. The fourth-order valence-electron chi connectivity index (χ4n) is 2.75. The predicted octanol–water partition coefficient (Wildman–Crippen LogP) is 3.84. The zero-order chi connectivity index (χ0) is 16.5. The number of pyridine rings is 1. The van der Waals surface area contributed by atoms with Crippen molar-refractivity contribution < 1.29 is 4.74 Å². The highest BCUT2D eigenvalue weighted by Crippen LogP contribution is 2.31. The van der Waals surface area contributed by atoms with Gasteiger partial charge in [0.2, 0.25) is 0 Å². The maximum atomic E-state index is 6.38. The van der Waals surface area contributed by atoms with E-state index in [0.29, 0.717) is 29.2 Å². The Labute approximate surface area is 149 Å². The molecule has 1 aromatic carbocycles. The molecule has 0 saturated carbocycles. The minimum atomic E-state index is 0.436. The SMILES string of the molecule is Clc1ccc(-c2nc(N3CCOCC3)c3cccc(Cl)c3n2)cn1. The highest BCUT2D eigenvalue weighted by atomic mass is 35.5. The summed E-state index contributed by atoms with van der Waals surface area (Å²) in [4.78, 5) is 15.8. The van der Waals surface area contributed by atoms with Gasteiger partial charge < -0.3 is 9.64 Å². The highest BCUT2D eigenvalue weighted by molar-refractivity contribution is 6.35. The van der Waals surface area contributed by atoms with Crippen LogP contribution in [0.1, 0.15) is 0 Å². The molecule has 2 aromatic heterocycles. The molecular weight excluding hydrogens is 347 g/mol. The van der Waals surface area contributed by atoms with Crippen molar-refractivity contribution in [2.45, 2.75) is 0 Å². The van der Waals surface area contributed by atoms with Crippen molar-refractivity contribution in [1.29, 1.82) is 0 Å². The predicted molar refractivity (Wildman–Crippen MR) is 95.8 cm³/mol. The standard InChI is InChI=1S/C17H14Cl2N4O/c18-13-3-1-2-12-15(13)21-16(11-4-5-14(19)20-10-11)22-17(12)23-6-8-24-9-7-23/h1-5,10H,6-9H2. The fourth-order valence-corrected chi connectivity index (χ4v) is 3.08. The molecule has 4 rings (SSSR count). The molecule has 1 aliphatic rings. The van der Waals surface area contributed by atoms with E-state index in [0.717, 1.165) is 35.4 Å². The van der Waals surface area contributed by atoms with Crippen LogP contribution in [-0.4, -0.2) is 41.3 Å². The molecule has 0 aliphatic carbocycles. The topological polar surface area (TPSA) is 51.1 Å². The van der Waals surface area contributed by atoms with Crippen molar-refractivity contribution in [1.82, 2.24) is 15.0 Å². The van der Waals surface area contributed by atoms with Crippen molar-refractivity contribution in [3.8, 4) is 11.4 Å². The molecule has 1 aliphatic heterocycles. The van der Waals surface area contributed by atoms with Crippen LogP contribution in [-0.2, 0) is 4.74 Å². The van der Waals surface area contributed by atoms with Gasteiger partial charge >= 0.3 is 0 Å². The van der Waals surface area contributed by atoms with Crippen LogP contribution >= 0.6 is 23.2 Å². The van der Waals surface area contributed by atoms with Crippen LogP contribution in [0.25, 0.3) is 22.3 Å². The second kappa shape index (κ2) is 6.51. The van der Waals surface area contributed by atoms with Gasteiger partial charge in [0.05, 0.1) is 23.8 Å². The van der Waals surface area contributed by atoms with Gasteiger partial charge in [-0.25, -0.2) is 15.0 Å². The highest BCUT2D eigenvalue weighted by Gasteiger charge is 2.19. The zero-order valence-electron chi connectivity index (χ0n) is 12.7. The lowest BCUT2D eigenvalue weighted by Crippen LogP contribution is -2.37. The lowest BCUT2D eigenvalue weighted by Gasteiger charge is -2.29. The van der Waals surface area contributed by atoms with Gasteiger partial charge in [-0.15, -0.1) is 0 Å². The number of ether oxygens (including phenoxy) is 1. The largest absolute Gasteiger partial charge is 0.378 e. The Morgan fingerprint density at radius 2 is 1.83 bits per heavy atom. The summed E-state index contributed by atoms with van der Waals surface area (Å²) in [5, 5.41) is 1.98. The third-order valence-corrected chi connectivity index (χ3v) is 4.48. The maximum absolute atomic E-state index is 6.38. The molecule has 0 bridgehead atoms. The number of anilines is 1. The summed E-state index contributed by atoms with van der Waals surface area (Å²) in [6, 6.07) is 9.34. The van der Waals surface area contributed by atoms with E-state index in [1.807, 2.05) is 24.3 Å². The fraction of sp³-hybridized carbons (Fsp3) is 0.235. The smallest absolute Gasteiger partial charge is 0.163 e. The summed E-state index contributed by atoms with van der Waals surface area (Å²) >= 11 is 12.3. The van der Waals surface area contributed by atoms with Gasteiger partial charge in [0.25, 0.3) is 0 Å². The van der Waals surface area contributed by atoms with Gasteiger partial charge in [0.15, 0.2) is 5.82 Å². The number of aromatic nitrogens is 3. The first kappa shape index (κ1) is 15.6. The van der Waals surface area contributed by atoms with Crippen molar-refractivity contribution in [3.05, 3.63) is 46.7 Å². The number of fused-ring (bicyclic) bond motifs is 1. The molecule has 0 amide bonds. The Balaban J connectivity index is 1.91. The number of rotatable bonds is 2. The van der Waals surface area contributed by atoms with Gasteiger partial charge in [-0.05, 0) is 24.3 Å². The van der Waals surface area contributed by atoms with Gasteiger partial charge in [-0.2, -0.15) is 0 Å². The van der Waals surface area contributed by atoms with Crippen LogP contribution in [0.5, 0.6) is 0 Å². The van der Waals surface area contributed by atoms with E-state index in [4.69, 9.17) is 32.9 Å². The number of morpholine rings is 1. The van der Waals surface area contributed by atoms with Gasteiger partial charge in [-0.3, -0.25) is 0 Å². The van der Waals surface area contributed by atoms with Crippen LogP contribution in [0.4, 0.5) is 5.82 Å². The molecular formula is C17H14Cl2N4O. The van der Waals surface area contributed by atoms with E-state index in [1.165, 1.54) is 0 Å². The third-order valence-electron chi connectivity index (χ3n) is 3.95. The summed E-state index contributed by atoms with van der Waals surface area (Å²) in [6.45, 7) is 2.95. The Morgan fingerprint density at radius 1 is 1.00 bits per heavy atom. The molecule has 7 heteroatoms. The molecule has 1 saturated heterocycles. The lowest BCUT2D eigenvalue weighted by atomic mass is 10.2. The molecule has 0 unspecified atom stereocenters. The van der Waals surface area contributed by atoms with Crippen molar-refractivity contribution in [2.24, 2.45) is 0 Å². The normalized spacial score (nSPS) is 15.0. The molecule has 3 aromatic rings. The Bertz CT molecular complexity index is 880. The van der Waals surface area contributed by atoms with Gasteiger partial charge in [-0.1, -0.05) is 29.3 Å². The van der Waals surface area contributed by atoms with E-state index < -0.39 is 0 Å². The van der Waals surface area contributed by atoms with E-state index in [-0.39, 0.29) is 0 Å². The molecule has 1 fully saturated rings. The van der Waals surface area contributed by atoms with Crippen molar-refractivity contribution in [2.75, 3.05) is 31.2 Å². The number of nitrogens with zero attached hydrogens (tertiary/aromatic N) is 4. The van der Waals surface area contributed by atoms with Crippen molar-refractivity contribution in [3.63, 3.8) is 0 Å². The number of benzene rings is 1. The summed E-state index contributed by atoms with van der Waals surface area (Å²) in [7, 11) is 0. The van der Waals surface area contributed by atoms with E-state index in [9.17, 15) is 0 Å². The summed E-state index contributed by atoms with van der Waals surface area (Å²) in [5.41, 5.74) is 1.54. The summed E-state index contributed by atoms with van der Waals surface area (Å²) in [6.07, 6.45) is 1.67. The number of para-hydroxylation sites is 1. The first-order valence-corrected chi connectivity index (χ1v) is 8.39. The average Bonchev–Trinajstić information content (AvgIpc) is 2.63. The summed E-state index contributed by atoms with van der Waals surface area (Å²) < 4.78 is 5.45. The molecule has 3 heterocycles. The van der Waals surface area contributed by atoms with Crippen LogP contribution in [0.3, 0.4) is 0 Å². The quantitative estimate of drug-likeness (QED) is 0.650. The van der Waals surface area contributed by atoms with Crippen LogP contribution < -0.4 is 4.90 Å². The van der Waals surface area contributed by atoms with E-state index >= 15 is 0 Å². The number of halogens is 2. The number of hydrogen-bond donors (Lipinski definition) is 0. The zero-order valence-corrected chi connectivity index (χ0v) is 14.3. The monoisotopic (exact) mass is 360 g/mol. The molecule has 0 radical (unpaired) electrons. The second-order valence-corrected chi connectivity index (χ2v) is 6.27. The Morgan fingerprint density at radius 3 is 2.58 bits per heavy atom. The second-order valence-electron chi connectivity index (χ2n) is 5.48. The molecule has 0 spiro atoms. The average molecular weight is 361 g/mol. The van der Waals surface area contributed by atoms with Crippen LogP contribution in [0.15, 0.2) is 36.5 Å². The minimum Gasteiger partial charge on any atom is -0.378 e. The molecule has 24 heavy (non-hydrogen) atoms. The molecule has 0 atom stereocenters. The van der Waals surface area contributed by atoms with Crippen LogP contribution in [0, 0.1) is 0 Å². The lowest BCUT2D eigenvalue weighted by molar-refractivity contribution is 0.122. The third kappa shape index (κ3) is 2.90. The van der Waals surface area contributed by atoms with Crippen molar-refractivity contribution >= 4 is 39.9 Å². The first-order valence-electron chi connectivity index (χ1n) is 7.63. The van der Waals surface area contributed by atoms with E-state index in [2.05, 4.69) is 14.9 Å². The minimum absolute atomic E-state index is 0.436. The molecule has 5 nitrogen and oxygen atoms in total. The Kier molecular flexibility index (Phi) is 4.22. The van der Waals surface area contributed by atoms with Crippen LogP contribution in [0.2, 0.25) is 10.2 Å².